The van der Waals surface area contributed by atoms with Gasteiger partial charge in [-0.3, -0.25) is 0 Å². The molecule has 7 nitrogen and oxygen atoms in total. The summed E-state index contributed by atoms with van der Waals surface area (Å²) >= 11 is 0. The number of likely N-dealkylation sites (tertiary alicyclic amines) is 1. The first-order valence-electron chi connectivity index (χ1n) is 9.26. The summed E-state index contributed by atoms with van der Waals surface area (Å²) in [5, 5.41) is 11.9. The Bertz CT molecular complexity index is 724. The number of carbonyl (C=O) groups is 1. The van der Waals surface area contributed by atoms with Gasteiger partial charge < -0.3 is 19.2 Å². The fraction of sp³-hybridized carbons (Fsp3) is 0.611. The van der Waals surface area contributed by atoms with Crippen LogP contribution in [-0.2, 0) is 13.0 Å². The zero-order valence-electron chi connectivity index (χ0n) is 14.6. The van der Waals surface area contributed by atoms with Gasteiger partial charge in [0.1, 0.15) is 11.6 Å². The molecule has 0 aliphatic carbocycles. The standard InChI is InChI=1S/C18H25N5O2/c1-13(15-8-6-12-25-15)19-18(24)22-10-4-2-7-14(22)17-21-20-16-9-3-5-11-23(16)17/h6,8,12-14H,2-5,7,9-11H2,1H3,(H,19,24)/t13-,14+/m0/s1. The van der Waals surface area contributed by atoms with Crippen LogP contribution in [0.2, 0.25) is 0 Å². The second kappa shape index (κ2) is 6.90. The second-order valence-corrected chi connectivity index (χ2v) is 6.97. The largest absolute Gasteiger partial charge is 0.467 e. The Balaban J connectivity index is 1.53. The number of furan rings is 1. The van der Waals surface area contributed by atoms with Crippen molar-refractivity contribution in [3.05, 3.63) is 35.8 Å². The minimum Gasteiger partial charge on any atom is -0.467 e. The van der Waals surface area contributed by atoms with E-state index in [-0.39, 0.29) is 18.1 Å². The maximum atomic E-state index is 12.9. The molecule has 2 aliphatic rings. The van der Waals surface area contributed by atoms with Crippen molar-refractivity contribution in [1.29, 1.82) is 0 Å². The summed E-state index contributed by atoms with van der Waals surface area (Å²) in [4.78, 5) is 14.8. The quantitative estimate of drug-likeness (QED) is 0.928. The molecule has 7 heteroatoms. The molecular weight excluding hydrogens is 318 g/mol. The molecule has 0 aromatic carbocycles. The predicted molar refractivity (Wildman–Crippen MR) is 91.9 cm³/mol. The minimum absolute atomic E-state index is 0.0110. The molecule has 2 amide bonds. The Labute approximate surface area is 147 Å². The second-order valence-electron chi connectivity index (χ2n) is 6.97. The van der Waals surface area contributed by atoms with Gasteiger partial charge in [0.2, 0.25) is 0 Å². The SMILES string of the molecule is C[C@H](NC(=O)N1CCCC[C@@H]1c1nnc2n1CCCC2)c1ccco1. The Morgan fingerprint density at radius 3 is 3.00 bits per heavy atom. The average Bonchev–Trinajstić information content (AvgIpc) is 3.31. The van der Waals surface area contributed by atoms with E-state index in [1.165, 1.54) is 6.42 Å². The van der Waals surface area contributed by atoms with E-state index in [0.717, 1.165) is 62.6 Å². The van der Waals surface area contributed by atoms with Crippen molar-refractivity contribution in [3.8, 4) is 0 Å². The first-order valence-corrected chi connectivity index (χ1v) is 9.26. The van der Waals surface area contributed by atoms with Gasteiger partial charge in [-0.25, -0.2) is 4.79 Å². The third kappa shape index (κ3) is 3.15. The topological polar surface area (TPSA) is 76.2 Å². The number of aryl methyl sites for hydroxylation is 1. The summed E-state index contributed by atoms with van der Waals surface area (Å²) in [7, 11) is 0. The number of amides is 2. The van der Waals surface area contributed by atoms with Gasteiger partial charge in [-0.05, 0) is 51.2 Å². The van der Waals surface area contributed by atoms with Crippen LogP contribution in [0.3, 0.4) is 0 Å². The molecule has 0 unspecified atom stereocenters. The highest BCUT2D eigenvalue weighted by atomic mass is 16.3. The fourth-order valence-corrected chi connectivity index (χ4v) is 3.90. The lowest BCUT2D eigenvalue weighted by Crippen LogP contribution is -2.46. The lowest BCUT2D eigenvalue weighted by Gasteiger charge is -2.36. The number of carbonyl (C=O) groups excluding carboxylic acids is 1. The molecule has 2 aliphatic heterocycles. The van der Waals surface area contributed by atoms with E-state index in [9.17, 15) is 4.79 Å². The summed E-state index contributed by atoms with van der Waals surface area (Å²) in [6.45, 7) is 3.66. The highest BCUT2D eigenvalue weighted by Gasteiger charge is 2.33. The Morgan fingerprint density at radius 2 is 2.16 bits per heavy atom. The molecule has 0 radical (unpaired) electrons. The molecule has 2 aromatic heterocycles. The smallest absolute Gasteiger partial charge is 0.318 e. The lowest BCUT2D eigenvalue weighted by molar-refractivity contribution is 0.141. The number of piperidine rings is 1. The van der Waals surface area contributed by atoms with Crippen molar-refractivity contribution in [3.63, 3.8) is 0 Å². The van der Waals surface area contributed by atoms with Gasteiger partial charge in [-0.2, -0.15) is 0 Å². The third-order valence-electron chi connectivity index (χ3n) is 5.26. The predicted octanol–water partition coefficient (Wildman–Crippen LogP) is 3.21. The van der Waals surface area contributed by atoms with Crippen molar-refractivity contribution >= 4 is 6.03 Å². The summed E-state index contributed by atoms with van der Waals surface area (Å²) in [6, 6.07) is 3.52. The number of rotatable bonds is 3. The molecule has 0 bridgehead atoms. The molecule has 2 atom stereocenters. The fourth-order valence-electron chi connectivity index (χ4n) is 3.90. The van der Waals surface area contributed by atoms with E-state index >= 15 is 0 Å². The molecule has 0 spiro atoms. The maximum Gasteiger partial charge on any atom is 0.318 e. The molecule has 1 N–H and O–H groups in total. The number of aromatic nitrogens is 3. The van der Waals surface area contributed by atoms with Gasteiger partial charge in [0, 0.05) is 19.5 Å². The monoisotopic (exact) mass is 343 g/mol. The van der Waals surface area contributed by atoms with Gasteiger partial charge in [-0.1, -0.05) is 0 Å². The van der Waals surface area contributed by atoms with Crippen molar-refractivity contribution in [2.24, 2.45) is 0 Å². The van der Waals surface area contributed by atoms with Crippen molar-refractivity contribution in [2.45, 2.75) is 64.1 Å². The average molecular weight is 343 g/mol. The first kappa shape index (κ1) is 16.2. The zero-order valence-corrected chi connectivity index (χ0v) is 14.6. The highest BCUT2D eigenvalue weighted by molar-refractivity contribution is 5.75. The van der Waals surface area contributed by atoms with E-state index in [1.54, 1.807) is 6.26 Å². The highest BCUT2D eigenvalue weighted by Crippen LogP contribution is 2.32. The van der Waals surface area contributed by atoms with Crippen LogP contribution >= 0.6 is 0 Å². The zero-order chi connectivity index (χ0) is 17.2. The van der Waals surface area contributed by atoms with Crippen molar-refractivity contribution in [1.82, 2.24) is 25.0 Å². The van der Waals surface area contributed by atoms with E-state index in [4.69, 9.17) is 4.42 Å². The number of fused-ring (bicyclic) bond motifs is 1. The molecule has 25 heavy (non-hydrogen) atoms. The summed E-state index contributed by atoms with van der Waals surface area (Å²) in [5.41, 5.74) is 0. The summed E-state index contributed by atoms with van der Waals surface area (Å²) < 4.78 is 7.63. The number of hydrogen-bond acceptors (Lipinski definition) is 4. The van der Waals surface area contributed by atoms with Gasteiger partial charge in [0.25, 0.3) is 0 Å². The van der Waals surface area contributed by atoms with Gasteiger partial charge in [0.05, 0.1) is 18.3 Å². The molecule has 4 rings (SSSR count). The van der Waals surface area contributed by atoms with Crippen LogP contribution in [0, 0.1) is 0 Å². The van der Waals surface area contributed by atoms with Gasteiger partial charge >= 0.3 is 6.03 Å². The van der Waals surface area contributed by atoms with Crippen LogP contribution in [0.1, 0.15) is 68.5 Å². The lowest BCUT2D eigenvalue weighted by atomic mass is 10.0. The molecule has 4 heterocycles. The number of nitrogens with zero attached hydrogens (tertiary/aromatic N) is 4. The molecule has 134 valence electrons. The molecule has 1 saturated heterocycles. The summed E-state index contributed by atoms with van der Waals surface area (Å²) in [6.07, 6.45) is 8.04. The van der Waals surface area contributed by atoms with Crippen LogP contribution in [0.25, 0.3) is 0 Å². The van der Waals surface area contributed by atoms with Crippen molar-refractivity contribution in [2.75, 3.05) is 6.54 Å². The van der Waals surface area contributed by atoms with E-state index < -0.39 is 0 Å². The Morgan fingerprint density at radius 1 is 1.28 bits per heavy atom. The van der Waals surface area contributed by atoms with E-state index in [1.807, 2.05) is 24.0 Å². The molecular formula is C18H25N5O2. The third-order valence-corrected chi connectivity index (χ3v) is 5.26. The number of hydrogen-bond donors (Lipinski definition) is 1. The van der Waals surface area contributed by atoms with E-state index in [0.29, 0.717) is 0 Å². The van der Waals surface area contributed by atoms with Crippen molar-refractivity contribution < 1.29 is 9.21 Å². The van der Waals surface area contributed by atoms with Crippen LogP contribution in [0.4, 0.5) is 4.79 Å². The summed E-state index contributed by atoms with van der Waals surface area (Å²) in [5.74, 6) is 2.79. The number of nitrogens with one attached hydrogen (secondary N) is 1. The molecule has 1 fully saturated rings. The maximum absolute atomic E-state index is 12.9. The van der Waals surface area contributed by atoms with Gasteiger partial charge in [-0.15, -0.1) is 10.2 Å². The van der Waals surface area contributed by atoms with Gasteiger partial charge in [0.15, 0.2) is 5.82 Å². The molecule has 0 saturated carbocycles. The molecule has 2 aromatic rings. The van der Waals surface area contributed by atoms with Crippen LogP contribution in [0.5, 0.6) is 0 Å². The van der Waals surface area contributed by atoms with Crippen LogP contribution in [0.15, 0.2) is 22.8 Å². The Hall–Kier alpha value is -2.31. The normalized spacial score (nSPS) is 21.6. The first-order chi connectivity index (χ1) is 12.2. The van der Waals surface area contributed by atoms with Crippen LogP contribution < -0.4 is 5.32 Å². The van der Waals surface area contributed by atoms with Crippen LogP contribution in [-0.4, -0.2) is 32.2 Å². The number of urea groups is 1. The Kier molecular flexibility index (Phi) is 4.46. The minimum atomic E-state index is -0.155. The van der Waals surface area contributed by atoms with E-state index in [2.05, 4.69) is 20.1 Å².